The Labute approximate surface area is 188 Å². The molecule has 172 valence electrons. The Morgan fingerprint density at radius 3 is 2.41 bits per heavy atom. The van der Waals surface area contributed by atoms with Gasteiger partial charge in [0.15, 0.2) is 5.16 Å². The first-order valence-corrected chi connectivity index (χ1v) is 12.5. The lowest BCUT2D eigenvalue weighted by molar-refractivity contribution is -0.137. The molecule has 0 unspecified atom stereocenters. The van der Waals surface area contributed by atoms with Gasteiger partial charge >= 0.3 is 6.18 Å². The second kappa shape index (κ2) is 9.05. The van der Waals surface area contributed by atoms with Crippen molar-refractivity contribution in [1.29, 1.82) is 0 Å². The molecule has 0 N–H and O–H groups in total. The molecule has 1 saturated heterocycles. The van der Waals surface area contributed by atoms with Gasteiger partial charge in [-0.25, -0.2) is 13.4 Å². The summed E-state index contributed by atoms with van der Waals surface area (Å²) in [6.07, 6.45) is -4.36. The monoisotopic (exact) mass is 485 g/mol. The molecule has 1 fully saturated rings. The van der Waals surface area contributed by atoms with Crippen LogP contribution in [0, 0.1) is 0 Å². The third kappa shape index (κ3) is 4.66. The minimum absolute atomic E-state index is 0.187. The summed E-state index contributed by atoms with van der Waals surface area (Å²) in [5, 5.41) is 0.684. The van der Waals surface area contributed by atoms with E-state index in [1.807, 2.05) is 11.5 Å². The molecule has 2 aromatic carbocycles. The molecule has 11 heteroatoms. The van der Waals surface area contributed by atoms with Gasteiger partial charge in [0.25, 0.3) is 0 Å². The number of alkyl halides is 3. The Bertz CT molecular complexity index is 1200. The van der Waals surface area contributed by atoms with Crippen LogP contribution in [0.4, 0.5) is 13.2 Å². The van der Waals surface area contributed by atoms with E-state index >= 15 is 0 Å². The number of nitrogens with zero attached hydrogens (tertiary/aromatic N) is 3. The van der Waals surface area contributed by atoms with Gasteiger partial charge in [-0.2, -0.15) is 17.5 Å². The van der Waals surface area contributed by atoms with Crippen LogP contribution in [0.5, 0.6) is 0 Å². The van der Waals surface area contributed by atoms with Crippen molar-refractivity contribution in [2.45, 2.75) is 35.4 Å². The third-order valence-electron chi connectivity index (χ3n) is 5.26. The number of hydrogen-bond donors (Lipinski definition) is 0. The molecule has 0 radical (unpaired) electrons. The van der Waals surface area contributed by atoms with E-state index in [4.69, 9.17) is 4.74 Å². The predicted molar refractivity (Wildman–Crippen MR) is 116 cm³/mol. The summed E-state index contributed by atoms with van der Waals surface area (Å²) in [4.78, 5) is 4.80. The van der Waals surface area contributed by atoms with Crippen molar-refractivity contribution in [2.75, 3.05) is 26.3 Å². The Morgan fingerprint density at radius 1 is 1.09 bits per heavy atom. The van der Waals surface area contributed by atoms with E-state index in [2.05, 4.69) is 4.98 Å². The molecule has 0 spiro atoms. The topological polar surface area (TPSA) is 64.4 Å². The number of benzene rings is 2. The highest BCUT2D eigenvalue weighted by atomic mass is 32.2. The van der Waals surface area contributed by atoms with Gasteiger partial charge in [0, 0.05) is 25.4 Å². The number of halogens is 3. The summed E-state index contributed by atoms with van der Waals surface area (Å²) in [6.45, 7) is 3.96. The van der Waals surface area contributed by atoms with Crippen LogP contribution in [0.3, 0.4) is 0 Å². The van der Waals surface area contributed by atoms with Gasteiger partial charge in [-0.15, -0.1) is 0 Å². The molecule has 6 nitrogen and oxygen atoms in total. The summed E-state index contributed by atoms with van der Waals surface area (Å²) < 4.78 is 72.8. The molecule has 0 bridgehead atoms. The molecule has 2 heterocycles. The molecule has 0 atom stereocenters. The molecule has 0 aliphatic carbocycles. The second-order valence-corrected chi connectivity index (χ2v) is 10.2. The van der Waals surface area contributed by atoms with Crippen molar-refractivity contribution < 1.29 is 26.3 Å². The summed E-state index contributed by atoms with van der Waals surface area (Å²) in [6, 6.07) is 9.98. The normalized spacial score (nSPS) is 16.0. The number of fused-ring (bicyclic) bond motifs is 1. The van der Waals surface area contributed by atoms with Crippen molar-refractivity contribution in [3.8, 4) is 0 Å². The Kier molecular flexibility index (Phi) is 6.53. The zero-order valence-electron chi connectivity index (χ0n) is 17.3. The average molecular weight is 486 g/mol. The average Bonchev–Trinajstić information content (AvgIpc) is 3.14. The Hall–Kier alpha value is -2.08. The number of rotatable bonds is 6. The number of aryl methyl sites for hydroxylation is 1. The number of ether oxygens (including phenoxy) is 1. The zero-order valence-corrected chi connectivity index (χ0v) is 18.9. The van der Waals surface area contributed by atoms with Gasteiger partial charge in [0.1, 0.15) is 0 Å². The number of sulfonamides is 1. The lowest BCUT2D eigenvalue weighted by Crippen LogP contribution is -2.40. The highest BCUT2D eigenvalue weighted by Crippen LogP contribution is 2.32. The van der Waals surface area contributed by atoms with Gasteiger partial charge in [0.2, 0.25) is 10.0 Å². The molecule has 4 rings (SSSR count). The Morgan fingerprint density at radius 2 is 1.78 bits per heavy atom. The molecular weight excluding hydrogens is 463 g/mol. The van der Waals surface area contributed by atoms with E-state index in [0.29, 0.717) is 49.3 Å². The minimum Gasteiger partial charge on any atom is -0.379 e. The maximum atomic E-state index is 13.0. The zero-order chi connectivity index (χ0) is 22.9. The van der Waals surface area contributed by atoms with Crippen LogP contribution in [0.2, 0.25) is 0 Å². The summed E-state index contributed by atoms with van der Waals surface area (Å²) >= 11 is 1.40. The van der Waals surface area contributed by atoms with Crippen LogP contribution in [-0.4, -0.2) is 48.6 Å². The molecule has 0 saturated carbocycles. The Balaban J connectivity index is 1.57. The number of thioether (sulfide) groups is 1. The molecule has 1 aliphatic rings. The summed E-state index contributed by atoms with van der Waals surface area (Å²) in [7, 11) is -3.63. The molecule has 1 aromatic heterocycles. The lowest BCUT2D eigenvalue weighted by Gasteiger charge is -2.26. The second-order valence-electron chi connectivity index (χ2n) is 7.29. The largest absolute Gasteiger partial charge is 0.416 e. The van der Waals surface area contributed by atoms with E-state index in [9.17, 15) is 21.6 Å². The van der Waals surface area contributed by atoms with Crippen LogP contribution < -0.4 is 0 Å². The van der Waals surface area contributed by atoms with E-state index in [1.165, 1.54) is 28.2 Å². The summed E-state index contributed by atoms with van der Waals surface area (Å²) in [5.74, 6) is 0.445. The molecule has 3 aromatic rings. The predicted octanol–water partition coefficient (Wildman–Crippen LogP) is 4.39. The van der Waals surface area contributed by atoms with Gasteiger partial charge in [0.05, 0.1) is 34.7 Å². The first kappa shape index (κ1) is 23.1. The van der Waals surface area contributed by atoms with Crippen molar-refractivity contribution in [2.24, 2.45) is 0 Å². The van der Waals surface area contributed by atoms with Crippen molar-refractivity contribution in [3.05, 3.63) is 53.6 Å². The SMILES string of the molecule is CCn1c(SCc2ccc(C(F)(F)F)cc2)nc2cc(S(=O)(=O)N3CCOCC3)ccc21. The van der Waals surface area contributed by atoms with Gasteiger partial charge in [-0.3, -0.25) is 0 Å². The minimum atomic E-state index is -4.36. The first-order chi connectivity index (χ1) is 15.2. The maximum absolute atomic E-state index is 13.0. The van der Waals surface area contributed by atoms with E-state index in [1.54, 1.807) is 18.2 Å². The van der Waals surface area contributed by atoms with Crippen LogP contribution in [0.15, 0.2) is 52.5 Å². The number of morpholine rings is 1. The highest BCUT2D eigenvalue weighted by molar-refractivity contribution is 7.98. The fourth-order valence-electron chi connectivity index (χ4n) is 3.54. The molecule has 1 aliphatic heterocycles. The molecule has 0 amide bonds. The van der Waals surface area contributed by atoms with Crippen LogP contribution >= 0.6 is 11.8 Å². The number of aromatic nitrogens is 2. The smallest absolute Gasteiger partial charge is 0.379 e. The first-order valence-electron chi connectivity index (χ1n) is 10.1. The summed E-state index contributed by atoms with van der Waals surface area (Å²) in [5.41, 5.74) is 1.44. The highest BCUT2D eigenvalue weighted by Gasteiger charge is 2.30. The van der Waals surface area contributed by atoms with E-state index in [0.717, 1.165) is 23.2 Å². The van der Waals surface area contributed by atoms with Crippen LogP contribution in [0.1, 0.15) is 18.1 Å². The molecular formula is C21H22F3N3O3S2. The quantitative estimate of drug-likeness (QED) is 0.485. The standard InChI is InChI=1S/C21H22F3N3O3S2/c1-2-27-19-8-7-17(32(28,29)26-9-11-30-12-10-26)13-18(19)25-20(27)31-14-15-3-5-16(6-4-15)21(22,23)24/h3-8,13H,2,9-12,14H2,1H3. The molecule has 32 heavy (non-hydrogen) atoms. The fourth-order valence-corrected chi connectivity index (χ4v) is 6.00. The van der Waals surface area contributed by atoms with Gasteiger partial charge in [-0.1, -0.05) is 23.9 Å². The number of imidazole rings is 1. The van der Waals surface area contributed by atoms with Gasteiger partial charge < -0.3 is 9.30 Å². The number of hydrogen-bond acceptors (Lipinski definition) is 5. The van der Waals surface area contributed by atoms with Gasteiger partial charge in [-0.05, 0) is 42.8 Å². The third-order valence-corrected chi connectivity index (χ3v) is 8.20. The van der Waals surface area contributed by atoms with E-state index in [-0.39, 0.29) is 4.90 Å². The van der Waals surface area contributed by atoms with Crippen LogP contribution in [-0.2, 0) is 33.2 Å². The fraction of sp³-hybridized carbons (Fsp3) is 0.381. The van der Waals surface area contributed by atoms with Crippen molar-refractivity contribution in [1.82, 2.24) is 13.9 Å². The van der Waals surface area contributed by atoms with Crippen molar-refractivity contribution in [3.63, 3.8) is 0 Å². The maximum Gasteiger partial charge on any atom is 0.416 e. The van der Waals surface area contributed by atoms with E-state index < -0.39 is 21.8 Å². The lowest BCUT2D eigenvalue weighted by atomic mass is 10.1. The van der Waals surface area contributed by atoms with Crippen LogP contribution in [0.25, 0.3) is 11.0 Å². The van der Waals surface area contributed by atoms with Crippen molar-refractivity contribution >= 4 is 32.8 Å².